The number of ether oxygens (including phenoxy) is 1. The van der Waals surface area contributed by atoms with Crippen LogP contribution >= 0.6 is 11.3 Å². The number of rotatable bonds is 6. The van der Waals surface area contributed by atoms with E-state index in [4.69, 9.17) is 4.74 Å². The zero-order valence-electron chi connectivity index (χ0n) is 16.6. The van der Waals surface area contributed by atoms with Crippen LogP contribution in [-0.4, -0.2) is 35.2 Å². The first-order valence-electron chi connectivity index (χ1n) is 9.61. The van der Waals surface area contributed by atoms with Crippen molar-refractivity contribution in [3.63, 3.8) is 0 Å². The summed E-state index contributed by atoms with van der Waals surface area (Å²) in [6.07, 6.45) is 0. The van der Waals surface area contributed by atoms with E-state index in [-0.39, 0.29) is 36.4 Å². The molecule has 1 N–H and O–H groups in total. The van der Waals surface area contributed by atoms with Crippen LogP contribution < -0.4 is 5.32 Å². The van der Waals surface area contributed by atoms with Gasteiger partial charge in [-0.05, 0) is 37.3 Å². The molecule has 1 aromatic heterocycles. The van der Waals surface area contributed by atoms with Gasteiger partial charge in [0.05, 0.1) is 29.8 Å². The van der Waals surface area contributed by atoms with Gasteiger partial charge in [0.15, 0.2) is 0 Å². The van der Waals surface area contributed by atoms with Crippen molar-refractivity contribution in [3.8, 4) is 0 Å². The van der Waals surface area contributed by atoms with Gasteiger partial charge in [0, 0.05) is 10.4 Å². The number of nitrogens with one attached hydrogen (secondary N) is 1. The highest BCUT2D eigenvalue weighted by atomic mass is 32.1. The number of imide groups is 1. The molecule has 1 aliphatic rings. The number of carbonyl (C=O) groups excluding carboxylic acids is 4. The van der Waals surface area contributed by atoms with E-state index in [9.17, 15) is 19.2 Å². The first-order valence-corrected chi connectivity index (χ1v) is 10.4. The zero-order valence-corrected chi connectivity index (χ0v) is 17.4. The Labute approximate surface area is 182 Å². The molecule has 0 fully saturated rings. The second kappa shape index (κ2) is 8.53. The predicted molar refractivity (Wildman–Crippen MR) is 115 cm³/mol. The molecule has 31 heavy (non-hydrogen) atoms. The molecule has 0 unspecified atom stereocenters. The lowest BCUT2D eigenvalue weighted by Gasteiger charge is -2.12. The Morgan fingerprint density at radius 1 is 0.968 bits per heavy atom. The van der Waals surface area contributed by atoms with Gasteiger partial charge in [-0.3, -0.25) is 19.3 Å². The van der Waals surface area contributed by atoms with Gasteiger partial charge < -0.3 is 10.1 Å². The quantitative estimate of drug-likeness (QED) is 0.468. The molecule has 0 bridgehead atoms. The highest BCUT2D eigenvalue weighted by Gasteiger charge is 2.35. The van der Waals surface area contributed by atoms with Gasteiger partial charge in [-0.25, -0.2) is 4.79 Å². The van der Waals surface area contributed by atoms with Gasteiger partial charge in [-0.1, -0.05) is 30.3 Å². The lowest BCUT2D eigenvalue weighted by molar-refractivity contribution is 0.0527. The second-order valence-corrected chi connectivity index (χ2v) is 7.87. The lowest BCUT2D eigenvalue weighted by atomic mass is 10.1. The highest BCUT2D eigenvalue weighted by Crippen LogP contribution is 2.32. The summed E-state index contributed by atoms with van der Waals surface area (Å²) in [6, 6.07) is 16.8. The molecule has 8 heteroatoms. The summed E-state index contributed by atoms with van der Waals surface area (Å²) in [5, 5.41) is 3.05. The largest absolute Gasteiger partial charge is 0.462 e. The first kappa shape index (κ1) is 20.5. The molecular formula is C23H18N2O5S. The molecule has 0 aliphatic carbocycles. The maximum Gasteiger partial charge on any atom is 0.341 e. The zero-order chi connectivity index (χ0) is 22.0. The molecule has 2 heterocycles. The number of benzene rings is 2. The third-order valence-electron chi connectivity index (χ3n) is 4.73. The Morgan fingerprint density at radius 2 is 1.58 bits per heavy atom. The topological polar surface area (TPSA) is 92.8 Å². The van der Waals surface area contributed by atoms with Crippen molar-refractivity contribution in [1.29, 1.82) is 0 Å². The number of nitrogens with zero attached hydrogens (tertiary/aromatic N) is 1. The fraction of sp³-hybridized carbons (Fsp3) is 0.130. The highest BCUT2D eigenvalue weighted by molar-refractivity contribution is 7.16. The van der Waals surface area contributed by atoms with Crippen molar-refractivity contribution >= 4 is 40.0 Å². The Hall–Kier alpha value is -3.78. The standard InChI is InChI=1S/C23H18N2O5S/c1-2-30-23(29)18-12-15(31-20(18)24-19(26)14-8-4-3-5-9-14)13-25-21(27)16-10-6-7-11-17(16)22(25)28/h3-12H,2,13H2,1H3,(H,24,26). The van der Waals surface area contributed by atoms with Gasteiger partial charge in [0.25, 0.3) is 17.7 Å². The number of hydrogen-bond acceptors (Lipinski definition) is 6. The third-order valence-corrected chi connectivity index (χ3v) is 5.77. The number of thiophene rings is 1. The Morgan fingerprint density at radius 3 is 2.19 bits per heavy atom. The summed E-state index contributed by atoms with van der Waals surface area (Å²) in [5.41, 5.74) is 1.33. The summed E-state index contributed by atoms with van der Waals surface area (Å²) >= 11 is 1.13. The first-order chi connectivity index (χ1) is 15.0. The monoisotopic (exact) mass is 434 g/mol. The molecule has 0 radical (unpaired) electrons. The maximum absolute atomic E-state index is 12.7. The SMILES string of the molecule is CCOC(=O)c1cc(CN2C(=O)c3ccccc3C2=O)sc1NC(=O)c1ccccc1. The van der Waals surface area contributed by atoms with E-state index < -0.39 is 5.97 Å². The van der Waals surface area contributed by atoms with Crippen molar-refractivity contribution < 1.29 is 23.9 Å². The fourth-order valence-corrected chi connectivity index (χ4v) is 4.31. The Bertz CT molecular complexity index is 1150. The van der Waals surface area contributed by atoms with E-state index in [1.807, 2.05) is 0 Å². The van der Waals surface area contributed by atoms with Crippen LogP contribution in [0.15, 0.2) is 60.7 Å². The molecular weight excluding hydrogens is 416 g/mol. The average molecular weight is 434 g/mol. The van der Waals surface area contributed by atoms with E-state index in [1.54, 1.807) is 67.6 Å². The number of esters is 1. The van der Waals surface area contributed by atoms with E-state index in [0.29, 0.717) is 26.6 Å². The van der Waals surface area contributed by atoms with E-state index in [0.717, 1.165) is 16.2 Å². The minimum Gasteiger partial charge on any atom is -0.462 e. The van der Waals surface area contributed by atoms with E-state index >= 15 is 0 Å². The van der Waals surface area contributed by atoms with Crippen LogP contribution in [0.2, 0.25) is 0 Å². The van der Waals surface area contributed by atoms with Gasteiger partial charge in [-0.2, -0.15) is 0 Å². The molecule has 4 rings (SSSR count). The Kier molecular flexibility index (Phi) is 5.64. The van der Waals surface area contributed by atoms with Crippen LogP contribution in [0.5, 0.6) is 0 Å². The minimum atomic E-state index is -0.587. The van der Waals surface area contributed by atoms with E-state index in [2.05, 4.69) is 5.32 Å². The molecule has 0 atom stereocenters. The average Bonchev–Trinajstić information content (AvgIpc) is 3.29. The molecule has 3 amide bonds. The number of carbonyl (C=O) groups is 4. The summed E-state index contributed by atoms with van der Waals surface area (Å²) in [7, 11) is 0. The van der Waals surface area contributed by atoms with Gasteiger partial charge >= 0.3 is 5.97 Å². The molecule has 0 spiro atoms. The van der Waals surface area contributed by atoms with Crippen LogP contribution in [0.25, 0.3) is 0 Å². The van der Waals surface area contributed by atoms with Crippen molar-refractivity contribution in [1.82, 2.24) is 4.90 Å². The van der Waals surface area contributed by atoms with Gasteiger partial charge in [0.2, 0.25) is 0 Å². The molecule has 0 saturated heterocycles. The second-order valence-electron chi connectivity index (χ2n) is 6.74. The Balaban J connectivity index is 1.61. The van der Waals surface area contributed by atoms with Crippen LogP contribution in [0.3, 0.4) is 0 Å². The normalized spacial score (nSPS) is 12.6. The number of anilines is 1. The maximum atomic E-state index is 12.7. The molecule has 1 aliphatic heterocycles. The fourth-order valence-electron chi connectivity index (χ4n) is 3.28. The van der Waals surface area contributed by atoms with E-state index in [1.165, 1.54) is 0 Å². The summed E-state index contributed by atoms with van der Waals surface area (Å²) in [4.78, 5) is 52.0. The third kappa shape index (κ3) is 3.97. The van der Waals surface area contributed by atoms with Crippen LogP contribution in [-0.2, 0) is 11.3 Å². The van der Waals surface area contributed by atoms with Gasteiger partial charge in [-0.15, -0.1) is 11.3 Å². The van der Waals surface area contributed by atoms with Gasteiger partial charge in [0.1, 0.15) is 5.00 Å². The summed E-state index contributed by atoms with van der Waals surface area (Å²) in [6.45, 7) is 1.85. The van der Waals surface area contributed by atoms with Crippen molar-refractivity contribution in [3.05, 3.63) is 87.8 Å². The molecule has 2 aromatic carbocycles. The van der Waals surface area contributed by atoms with Crippen LogP contribution in [0, 0.1) is 0 Å². The minimum absolute atomic E-state index is 0.00930. The number of amides is 3. The predicted octanol–water partition coefficient (Wildman–Crippen LogP) is 3.97. The van der Waals surface area contributed by atoms with Crippen LogP contribution in [0.1, 0.15) is 53.2 Å². The molecule has 0 saturated carbocycles. The lowest BCUT2D eigenvalue weighted by Crippen LogP contribution is -2.28. The van der Waals surface area contributed by atoms with Crippen molar-refractivity contribution in [2.75, 3.05) is 11.9 Å². The summed E-state index contributed by atoms with van der Waals surface area (Å²) < 4.78 is 5.10. The molecule has 156 valence electrons. The number of fused-ring (bicyclic) bond motifs is 1. The molecule has 3 aromatic rings. The summed E-state index contributed by atoms with van der Waals surface area (Å²) in [5.74, 6) is -1.74. The van der Waals surface area contributed by atoms with Crippen molar-refractivity contribution in [2.45, 2.75) is 13.5 Å². The van der Waals surface area contributed by atoms with Crippen LogP contribution in [0.4, 0.5) is 5.00 Å². The van der Waals surface area contributed by atoms with Crippen molar-refractivity contribution in [2.24, 2.45) is 0 Å². The smallest absolute Gasteiger partial charge is 0.341 e. The number of hydrogen-bond donors (Lipinski definition) is 1. The molecule has 7 nitrogen and oxygen atoms in total.